The normalized spacial score (nSPS) is 32.8. The molecule has 0 atom stereocenters. The second kappa shape index (κ2) is 11.1. The number of hydrogen-bond donors (Lipinski definition) is 0. The van der Waals surface area contributed by atoms with Gasteiger partial charge in [-0.3, -0.25) is 0 Å². The summed E-state index contributed by atoms with van der Waals surface area (Å²) in [6.45, 7) is 4.50. The summed E-state index contributed by atoms with van der Waals surface area (Å²) in [5.41, 5.74) is 0. The Kier molecular flexibility index (Phi) is 9.09. The van der Waals surface area contributed by atoms with Crippen LogP contribution in [0.1, 0.15) is 97.3 Å². The molecule has 23 heavy (non-hydrogen) atoms. The topological polar surface area (TPSA) is 0 Å². The predicted octanol–water partition coefficient (Wildman–Crippen LogP) is 7.70. The molecule has 2 fully saturated rings. The third-order valence-electron chi connectivity index (χ3n) is 6.56. The Balaban J connectivity index is 1.53. The van der Waals surface area contributed by atoms with Gasteiger partial charge in [0.2, 0.25) is 0 Å². The van der Waals surface area contributed by atoms with E-state index in [4.69, 9.17) is 0 Å². The lowest BCUT2D eigenvalue weighted by Gasteiger charge is -2.28. The van der Waals surface area contributed by atoms with E-state index in [2.05, 4.69) is 38.2 Å². The zero-order valence-electron chi connectivity index (χ0n) is 15.8. The van der Waals surface area contributed by atoms with Gasteiger partial charge >= 0.3 is 0 Å². The van der Waals surface area contributed by atoms with Crippen molar-refractivity contribution in [1.82, 2.24) is 0 Å². The highest BCUT2D eigenvalue weighted by atomic mass is 14.3. The quantitative estimate of drug-likeness (QED) is 0.402. The molecule has 2 aliphatic rings. The molecule has 0 aromatic carbocycles. The minimum atomic E-state index is 0.903. The Morgan fingerprint density at radius 1 is 0.696 bits per heavy atom. The van der Waals surface area contributed by atoms with E-state index in [1.165, 1.54) is 83.5 Å². The highest BCUT2D eigenvalue weighted by Crippen LogP contribution is 2.34. The van der Waals surface area contributed by atoms with E-state index in [1.807, 2.05) is 0 Å². The molecule has 0 spiro atoms. The smallest absolute Gasteiger partial charge is 0.0233 e. The van der Waals surface area contributed by atoms with Crippen LogP contribution in [0.4, 0.5) is 0 Å². The van der Waals surface area contributed by atoms with Gasteiger partial charge in [-0.25, -0.2) is 0 Å². The standard InChI is InChI=1S/C23H40/c1-3-5-6-9-21-16-18-23(19-17-21)11-8-7-10-22-14-12-20(4-2)13-15-22/h3,5,7,10,20-23H,4,6,8-9,11-19H2,1-2H3/t20-,21-,22-,23-. The molecule has 0 N–H and O–H groups in total. The number of hydrogen-bond acceptors (Lipinski definition) is 0. The zero-order valence-corrected chi connectivity index (χ0v) is 15.8. The molecular weight excluding hydrogens is 276 g/mol. The van der Waals surface area contributed by atoms with Crippen molar-refractivity contribution in [3.8, 4) is 0 Å². The van der Waals surface area contributed by atoms with Crippen molar-refractivity contribution in [1.29, 1.82) is 0 Å². The highest BCUT2D eigenvalue weighted by molar-refractivity contribution is 4.91. The first-order chi connectivity index (χ1) is 11.3. The van der Waals surface area contributed by atoms with Crippen LogP contribution in [0.3, 0.4) is 0 Å². The maximum Gasteiger partial charge on any atom is -0.0233 e. The van der Waals surface area contributed by atoms with Crippen molar-refractivity contribution >= 4 is 0 Å². The van der Waals surface area contributed by atoms with Gasteiger partial charge in [0.1, 0.15) is 0 Å². The van der Waals surface area contributed by atoms with E-state index in [0.29, 0.717) is 0 Å². The first-order valence-corrected chi connectivity index (χ1v) is 10.6. The summed E-state index contributed by atoms with van der Waals surface area (Å²) < 4.78 is 0. The zero-order chi connectivity index (χ0) is 16.3. The van der Waals surface area contributed by atoms with Crippen molar-refractivity contribution < 1.29 is 0 Å². The lowest BCUT2D eigenvalue weighted by atomic mass is 9.78. The van der Waals surface area contributed by atoms with Crippen molar-refractivity contribution in [3.63, 3.8) is 0 Å². The third kappa shape index (κ3) is 7.27. The summed E-state index contributed by atoms with van der Waals surface area (Å²) in [6, 6.07) is 0. The second-order valence-electron chi connectivity index (χ2n) is 8.23. The van der Waals surface area contributed by atoms with Gasteiger partial charge in [0, 0.05) is 0 Å². The Morgan fingerprint density at radius 2 is 1.22 bits per heavy atom. The van der Waals surface area contributed by atoms with Gasteiger partial charge in [-0.15, -0.1) is 0 Å². The third-order valence-corrected chi connectivity index (χ3v) is 6.56. The second-order valence-corrected chi connectivity index (χ2v) is 8.23. The lowest BCUT2D eigenvalue weighted by molar-refractivity contribution is 0.255. The fraction of sp³-hybridized carbons (Fsp3) is 0.826. The molecule has 0 aliphatic heterocycles. The molecule has 0 unspecified atom stereocenters. The van der Waals surface area contributed by atoms with Crippen LogP contribution >= 0.6 is 0 Å². The van der Waals surface area contributed by atoms with E-state index in [0.717, 1.165) is 23.7 Å². The van der Waals surface area contributed by atoms with Gasteiger partial charge in [-0.1, -0.05) is 63.3 Å². The van der Waals surface area contributed by atoms with Crippen LogP contribution in [0.15, 0.2) is 24.3 Å². The Hall–Kier alpha value is -0.520. The van der Waals surface area contributed by atoms with Crippen molar-refractivity contribution in [2.45, 2.75) is 97.3 Å². The van der Waals surface area contributed by atoms with Gasteiger partial charge in [-0.05, 0) is 82.0 Å². The number of rotatable bonds is 8. The molecule has 0 aromatic heterocycles. The van der Waals surface area contributed by atoms with Crippen LogP contribution in [0.2, 0.25) is 0 Å². The van der Waals surface area contributed by atoms with Gasteiger partial charge in [0.05, 0.1) is 0 Å². The van der Waals surface area contributed by atoms with Crippen LogP contribution < -0.4 is 0 Å². The first kappa shape index (κ1) is 18.8. The maximum absolute atomic E-state index is 2.56. The maximum atomic E-state index is 2.56. The van der Waals surface area contributed by atoms with Crippen molar-refractivity contribution in [2.75, 3.05) is 0 Å². The van der Waals surface area contributed by atoms with Crippen LogP contribution in [-0.4, -0.2) is 0 Å². The molecule has 0 heterocycles. The van der Waals surface area contributed by atoms with Gasteiger partial charge in [0.25, 0.3) is 0 Å². The van der Waals surface area contributed by atoms with Crippen LogP contribution in [0.5, 0.6) is 0 Å². The fourth-order valence-corrected chi connectivity index (χ4v) is 4.72. The van der Waals surface area contributed by atoms with Gasteiger partial charge < -0.3 is 0 Å². The summed E-state index contributed by atoms with van der Waals surface area (Å²) in [5.74, 6) is 3.97. The largest absolute Gasteiger partial charge is 0.0917 e. The van der Waals surface area contributed by atoms with E-state index in [1.54, 1.807) is 0 Å². The molecule has 0 bridgehead atoms. The van der Waals surface area contributed by atoms with E-state index in [-0.39, 0.29) is 0 Å². The Morgan fingerprint density at radius 3 is 1.74 bits per heavy atom. The summed E-state index contributed by atoms with van der Waals surface area (Å²) in [7, 11) is 0. The Labute approximate surface area is 145 Å². The average Bonchev–Trinajstić information content (AvgIpc) is 2.61. The number of allylic oxidation sites excluding steroid dienone is 4. The van der Waals surface area contributed by atoms with E-state index >= 15 is 0 Å². The molecular formula is C23H40. The molecule has 2 rings (SSSR count). The minimum Gasteiger partial charge on any atom is -0.0917 e. The van der Waals surface area contributed by atoms with Crippen LogP contribution in [0, 0.1) is 23.7 Å². The van der Waals surface area contributed by atoms with Crippen LogP contribution in [-0.2, 0) is 0 Å². The van der Waals surface area contributed by atoms with Crippen LogP contribution in [0.25, 0.3) is 0 Å². The molecule has 0 aromatic rings. The minimum absolute atomic E-state index is 0.903. The summed E-state index contributed by atoms with van der Waals surface area (Å²) in [4.78, 5) is 0. The lowest BCUT2D eigenvalue weighted by Crippen LogP contribution is -2.14. The molecule has 0 saturated heterocycles. The molecule has 2 aliphatic carbocycles. The van der Waals surface area contributed by atoms with Crippen molar-refractivity contribution in [2.24, 2.45) is 23.7 Å². The SMILES string of the molecule is CC=CCC[C@H]1CC[C@H](CCC=C[C@H]2CC[C@H](CC)CC2)CC1. The molecule has 0 radical (unpaired) electrons. The van der Waals surface area contributed by atoms with Gasteiger partial charge in [-0.2, -0.15) is 0 Å². The molecule has 132 valence electrons. The molecule has 0 heteroatoms. The fourth-order valence-electron chi connectivity index (χ4n) is 4.72. The summed E-state index contributed by atoms with van der Waals surface area (Å²) in [5, 5.41) is 0. The molecule has 2 saturated carbocycles. The van der Waals surface area contributed by atoms with Crippen molar-refractivity contribution in [3.05, 3.63) is 24.3 Å². The monoisotopic (exact) mass is 316 g/mol. The summed E-state index contributed by atoms with van der Waals surface area (Å²) >= 11 is 0. The van der Waals surface area contributed by atoms with E-state index in [9.17, 15) is 0 Å². The Bertz CT molecular complexity index is 335. The first-order valence-electron chi connectivity index (χ1n) is 10.6. The average molecular weight is 317 g/mol. The predicted molar refractivity (Wildman–Crippen MR) is 104 cm³/mol. The van der Waals surface area contributed by atoms with Gasteiger partial charge in [0.15, 0.2) is 0 Å². The molecule has 0 amide bonds. The highest BCUT2D eigenvalue weighted by Gasteiger charge is 2.20. The summed E-state index contributed by atoms with van der Waals surface area (Å²) in [6.07, 6.45) is 28.4. The van der Waals surface area contributed by atoms with E-state index < -0.39 is 0 Å². The molecule has 0 nitrogen and oxygen atoms in total.